The molecule has 0 rings (SSSR count). The third-order valence-electron chi connectivity index (χ3n) is 3.17. The zero-order valence-electron chi connectivity index (χ0n) is 13.6. The highest BCUT2D eigenvalue weighted by molar-refractivity contribution is 7.90. The molecular formula is C13H30N4O2S. The number of nitrogens with one attached hydrogen (secondary N) is 2. The second kappa shape index (κ2) is 9.18. The summed E-state index contributed by atoms with van der Waals surface area (Å²) in [5.41, 5.74) is 0. The van der Waals surface area contributed by atoms with Crippen LogP contribution in [0.2, 0.25) is 0 Å². The number of likely N-dealkylation sites (N-methyl/N-ethyl adjacent to an activating group) is 1. The van der Waals surface area contributed by atoms with Crippen LogP contribution in [0.5, 0.6) is 0 Å². The van der Waals surface area contributed by atoms with Crippen molar-refractivity contribution < 1.29 is 8.42 Å². The van der Waals surface area contributed by atoms with E-state index in [1.807, 2.05) is 6.92 Å². The molecule has 7 heteroatoms. The van der Waals surface area contributed by atoms with E-state index in [1.54, 1.807) is 7.05 Å². The maximum atomic E-state index is 11.1. The predicted octanol–water partition coefficient (Wildman–Crippen LogP) is 0.315. The van der Waals surface area contributed by atoms with E-state index in [2.05, 4.69) is 41.4 Å². The molecule has 0 aliphatic rings. The van der Waals surface area contributed by atoms with E-state index in [4.69, 9.17) is 0 Å². The largest absolute Gasteiger partial charge is 0.355 e. The molecule has 0 bridgehead atoms. The number of hydrogen-bond acceptors (Lipinski definition) is 4. The minimum atomic E-state index is -2.91. The maximum Gasteiger partial charge on any atom is 0.191 e. The molecule has 0 spiro atoms. The van der Waals surface area contributed by atoms with Gasteiger partial charge in [-0.1, -0.05) is 0 Å². The van der Waals surface area contributed by atoms with Crippen LogP contribution in [0, 0.1) is 0 Å². The van der Waals surface area contributed by atoms with Gasteiger partial charge in [-0.15, -0.1) is 0 Å². The van der Waals surface area contributed by atoms with Gasteiger partial charge in [0.1, 0.15) is 9.84 Å². The van der Waals surface area contributed by atoms with Gasteiger partial charge in [-0.2, -0.15) is 0 Å². The Morgan fingerprint density at radius 2 is 1.90 bits per heavy atom. The zero-order valence-corrected chi connectivity index (χ0v) is 14.4. The first kappa shape index (κ1) is 19.2. The summed E-state index contributed by atoms with van der Waals surface area (Å²) in [4.78, 5) is 6.38. The van der Waals surface area contributed by atoms with Gasteiger partial charge in [0.25, 0.3) is 0 Å². The van der Waals surface area contributed by atoms with E-state index in [-0.39, 0.29) is 11.8 Å². The Morgan fingerprint density at radius 1 is 1.30 bits per heavy atom. The smallest absolute Gasteiger partial charge is 0.191 e. The minimum Gasteiger partial charge on any atom is -0.355 e. The lowest BCUT2D eigenvalue weighted by Crippen LogP contribution is -2.45. The lowest BCUT2D eigenvalue weighted by atomic mass is 10.3. The fourth-order valence-corrected chi connectivity index (χ4v) is 2.28. The molecule has 0 saturated heterocycles. The number of sulfone groups is 1. The molecule has 1 unspecified atom stereocenters. The lowest BCUT2D eigenvalue weighted by molar-refractivity contribution is 0.278. The summed E-state index contributed by atoms with van der Waals surface area (Å²) in [6, 6.07) is 0.583. The van der Waals surface area contributed by atoms with Crippen molar-refractivity contribution in [2.75, 3.05) is 39.2 Å². The molecule has 0 aromatic rings. The summed E-state index contributed by atoms with van der Waals surface area (Å²) in [6.45, 7) is 7.99. The van der Waals surface area contributed by atoms with E-state index in [0.717, 1.165) is 13.1 Å². The van der Waals surface area contributed by atoms with Crippen molar-refractivity contribution >= 4 is 15.8 Å². The molecule has 0 saturated carbocycles. The summed E-state index contributed by atoms with van der Waals surface area (Å²) in [7, 11) is 0.887. The quantitative estimate of drug-likeness (QED) is 0.499. The van der Waals surface area contributed by atoms with Crippen LogP contribution in [0.25, 0.3) is 0 Å². The van der Waals surface area contributed by atoms with Crippen LogP contribution in [-0.4, -0.2) is 70.6 Å². The van der Waals surface area contributed by atoms with Gasteiger partial charge in [0.2, 0.25) is 0 Å². The number of aliphatic imine (C=N–C) groups is 1. The van der Waals surface area contributed by atoms with Crippen molar-refractivity contribution in [3.05, 3.63) is 0 Å². The fourth-order valence-electron chi connectivity index (χ4n) is 1.50. The second-order valence-corrected chi connectivity index (χ2v) is 7.80. The molecule has 0 aliphatic heterocycles. The summed E-state index contributed by atoms with van der Waals surface area (Å²) >= 11 is 0. The molecule has 0 fully saturated rings. The highest BCUT2D eigenvalue weighted by Gasteiger charge is 2.09. The van der Waals surface area contributed by atoms with E-state index < -0.39 is 9.84 Å². The first-order valence-electron chi connectivity index (χ1n) is 7.01. The van der Waals surface area contributed by atoms with Crippen LogP contribution < -0.4 is 10.6 Å². The van der Waals surface area contributed by atoms with Gasteiger partial charge in [0, 0.05) is 38.5 Å². The van der Waals surface area contributed by atoms with Crippen molar-refractivity contribution in [3.63, 3.8) is 0 Å². The van der Waals surface area contributed by atoms with E-state index in [1.165, 1.54) is 6.26 Å². The Morgan fingerprint density at radius 3 is 2.35 bits per heavy atom. The highest BCUT2D eigenvalue weighted by Crippen LogP contribution is 1.95. The van der Waals surface area contributed by atoms with Gasteiger partial charge >= 0.3 is 0 Å². The first-order chi connectivity index (χ1) is 9.15. The standard InChI is InChI=1S/C13H30N4O2S/c1-11(2)17(5)9-8-15-13(14-4)16-12(3)7-10-20(6,18)19/h11-12H,7-10H2,1-6H3,(H2,14,15,16). The van der Waals surface area contributed by atoms with E-state index >= 15 is 0 Å². The monoisotopic (exact) mass is 306 g/mol. The minimum absolute atomic E-state index is 0.0683. The molecule has 0 aromatic carbocycles. The van der Waals surface area contributed by atoms with E-state index in [0.29, 0.717) is 18.4 Å². The van der Waals surface area contributed by atoms with Crippen molar-refractivity contribution in [3.8, 4) is 0 Å². The van der Waals surface area contributed by atoms with Gasteiger partial charge in [0.05, 0.1) is 5.75 Å². The number of nitrogens with zero attached hydrogens (tertiary/aromatic N) is 2. The van der Waals surface area contributed by atoms with Crippen LogP contribution >= 0.6 is 0 Å². The fraction of sp³-hybridized carbons (Fsp3) is 0.923. The van der Waals surface area contributed by atoms with Gasteiger partial charge in [-0.05, 0) is 34.2 Å². The third kappa shape index (κ3) is 10.0. The lowest BCUT2D eigenvalue weighted by Gasteiger charge is -2.22. The van der Waals surface area contributed by atoms with Gasteiger partial charge < -0.3 is 15.5 Å². The molecule has 6 nitrogen and oxygen atoms in total. The van der Waals surface area contributed by atoms with Crippen molar-refractivity contribution in [2.45, 2.75) is 39.3 Å². The average molecular weight is 306 g/mol. The van der Waals surface area contributed by atoms with Crippen LogP contribution in [0.1, 0.15) is 27.2 Å². The zero-order chi connectivity index (χ0) is 15.8. The molecule has 0 radical (unpaired) electrons. The highest BCUT2D eigenvalue weighted by atomic mass is 32.2. The summed E-state index contributed by atoms with van der Waals surface area (Å²) in [5.74, 6) is 0.900. The normalized spacial score (nSPS) is 14.7. The van der Waals surface area contributed by atoms with Gasteiger partial charge in [-0.25, -0.2) is 8.42 Å². The Bertz CT molecular complexity index is 393. The molecular weight excluding hydrogens is 276 g/mol. The Hall–Kier alpha value is -0.820. The van der Waals surface area contributed by atoms with Gasteiger partial charge in [0.15, 0.2) is 5.96 Å². The predicted molar refractivity (Wildman–Crippen MR) is 86.1 cm³/mol. The van der Waals surface area contributed by atoms with Gasteiger partial charge in [-0.3, -0.25) is 4.99 Å². The average Bonchev–Trinajstić information content (AvgIpc) is 2.33. The Labute approximate surface area is 123 Å². The topological polar surface area (TPSA) is 73.8 Å². The van der Waals surface area contributed by atoms with Crippen LogP contribution in [0.3, 0.4) is 0 Å². The molecule has 0 aliphatic carbocycles. The van der Waals surface area contributed by atoms with E-state index in [9.17, 15) is 8.42 Å². The first-order valence-corrected chi connectivity index (χ1v) is 9.07. The van der Waals surface area contributed by atoms with Crippen LogP contribution in [0.4, 0.5) is 0 Å². The molecule has 120 valence electrons. The third-order valence-corrected chi connectivity index (χ3v) is 4.14. The molecule has 2 N–H and O–H groups in total. The van der Waals surface area contributed by atoms with Crippen molar-refractivity contribution in [2.24, 2.45) is 4.99 Å². The Kier molecular flexibility index (Phi) is 8.80. The SMILES string of the molecule is CN=C(NCCN(C)C(C)C)NC(C)CCS(C)(=O)=O. The summed E-state index contributed by atoms with van der Waals surface area (Å²) < 4.78 is 22.2. The molecule has 0 amide bonds. The van der Waals surface area contributed by atoms with Crippen molar-refractivity contribution in [1.29, 1.82) is 0 Å². The number of guanidine groups is 1. The number of hydrogen-bond donors (Lipinski definition) is 2. The Balaban J connectivity index is 4.04. The maximum absolute atomic E-state index is 11.1. The molecule has 0 aromatic heterocycles. The number of rotatable bonds is 8. The van der Waals surface area contributed by atoms with Crippen LogP contribution in [-0.2, 0) is 9.84 Å². The van der Waals surface area contributed by atoms with Crippen molar-refractivity contribution in [1.82, 2.24) is 15.5 Å². The molecule has 1 atom stereocenters. The van der Waals surface area contributed by atoms with Crippen LogP contribution in [0.15, 0.2) is 4.99 Å². The molecule has 0 heterocycles. The second-order valence-electron chi connectivity index (χ2n) is 5.54. The summed E-state index contributed by atoms with van der Waals surface area (Å²) in [6.07, 6.45) is 1.83. The molecule has 20 heavy (non-hydrogen) atoms. The summed E-state index contributed by atoms with van der Waals surface area (Å²) in [5, 5.41) is 6.43.